The first-order valence-corrected chi connectivity index (χ1v) is 11.2. The number of carbonyl (C=O) groups is 1. The van der Waals surface area contributed by atoms with E-state index in [-0.39, 0.29) is 11.3 Å². The zero-order valence-corrected chi connectivity index (χ0v) is 19.2. The highest BCUT2D eigenvalue weighted by molar-refractivity contribution is 6.31. The molecule has 3 aromatic rings. The molecule has 1 aliphatic rings. The van der Waals surface area contributed by atoms with Crippen molar-refractivity contribution in [3.8, 4) is 0 Å². The first-order chi connectivity index (χ1) is 14.8. The van der Waals surface area contributed by atoms with E-state index in [2.05, 4.69) is 35.8 Å². The van der Waals surface area contributed by atoms with Gasteiger partial charge in [-0.15, -0.1) is 0 Å². The molecule has 166 valence electrons. The van der Waals surface area contributed by atoms with E-state index in [0.717, 1.165) is 55.2 Å². The minimum Gasteiger partial charge on any atom is -0.444 e. The zero-order chi connectivity index (χ0) is 22.0. The normalized spacial score (nSPS) is 16.1. The van der Waals surface area contributed by atoms with E-state index in [1.165, 1.54) is 0 Å². The minimum atomic E-state index is -0.0432. The maximum Gasteiger partial charge on any atom is 0.224 e. The maximum absolute atomic E-state index is 12.8. The van der Waals surface area contributed by atoms with Crippen molar-refractivity contribution in [1.82, 2.24) is 24.6 Å². The molecular weight excluding hydrogens is 414 g/mol. The fourth-order valence-electron chi connectivity index (χ4n) is 3.88. The Hall–Kier alpha value is -2.38. The molecule has 3 heterocycles. The van der Waals surface area contributed by atoms with Gasteiger partial charge in [-0.05, 0) is 24.6 Å². The highest BCUT2D eigenvalue weighted by atomic mass is 35.5. The molecule has 0 saturated carbocycles. The molecule has 8 heteroatoms. The summed E-state index contributed by atoms with van der Waals surface area (Å²) < 4.78 is 7.80. The second-order valence-electron chi connectivity index (χ2n) is 9.20. The monoisotopic (exact) mass is 443 g/mol. The average molecular weight is 444 g/mol. The average Bonchev–Trinajstić information content (AvgIpc) is 3.28. The van der Waals surface area contributed by atoms with E-state index in [1.807, 2.05) is 40.2 Å². The third-order valence-electron chi connectivity index (χ3n) is 5.74. The lowest BCUT2D eigenvalue weighted by Crippen LogP contribution is -2.35. The van der Waals surface area contributed by atoms with Crippen molar-refractivity contribution in [2.75, 3.05) is 26.2 Å². The number of hydrogen-bond acceptors (Lipinski definition) is 5. The van der Waals surface area contributed by atoms with E-state index >= 15 is 0 Å². The summed E-state index contributed by atoms with van der Waals surface area (Å²) in [5.74, 6) is 1.81. The van der Waals surface area contributed by atoms with Gasteiger partial charge >= 0.3 is 0 Å². The topological polar surface area (TPSA) is 67.4 Å². The van der Waals surface area contributed by atoms with Crippen LogP contribution in [0.2, 0.25) is 5.02 Å². The van der Waals surface area contributed by atoms with Crippen molar-refractivity contribution in [2.45, 2.75) is 52.1 Å². The highest BCUT2D eigenvalue weighted by Gasteiger charge is 2.22. The number of fused-ring (bicyclic) bond motifs is 1. The van der Waals surface area contributed by atoms with Gasteiger partial charge in [0.15, 0.2) is 0 Å². The smallest absolute Gasteiger partial charge is 0.224 e. The van der Waals surface area contributed by atoms with Crippen molar-refractivity contribution >= 4 is 28.4 Å². The second kappa shape index (κ2) is 9.01. The number of halogens is 1. The molecule has 7 nitrogen and oxygen atoms in total. The van der Waals surface area contributed by atoms with E-state index < -0.39 is 0 Å². The summed E-state index contributed by atoms with van der Waals surface area (Å²) in [6.07, 6.45) is 5.01. The third kappa shape index (κ3) is 5.28. The van der Waals surface area contributed by atoms with Crippen molar-refractivity contribution in [2.24, 2.45) is 0 Å². The molecule has 0 aliphatic carbocycles. The lowest BCUT2D eigenvalue weighted by molar-refractivity contribution is -0.131. The Morgan fingerprint density at radius 3 is 2.77 bits per heavy atom. The molecule has 1 saturated heterocycles. The lowest BCUT2D eigenvalue weighted by Gasteiger charge is -2.21. The number of aryl methyl sites for hydroxylation is 1. The van der Waals surface area contributed by atoms with Gasteiger partial charge in [0.05, 0.1) is 31.0 Å². The molecule has 0 spiro atoms. The van der Waals surface area contributed by atoms with Crippen LogP contribution in [0.4, 0.5) is 0 Å². The van der Waals surface area contributed by atoms with Gasteiger partial charge in [0.2, 0.25) is 11.8 Å². The van der Waals surface area contributed by atoms with Gasteiger partial charge in [0.25, 0.3) is 0 Å². The molecule has 2 aromatic heterocycles. The summed E-state index contributed by atoms with van der Waals surface area (Å²) >= 11 is 6.11. The molecule has 0 radical (unpaired) electrons. The van der Waals surface area contributed by atoms with Crippen LogP contribution in [0.3, 0.4) is 0 Å². The summed E-state index contributed by atoms with van der Waals surface area (Å²) in [4.78, 5) is 21.6. The molecule has 1 aromatic carbocycles. The molecule has 0 N–H and O–H groups in total. The van der Waals surface area contributed by atoms with Crippen molar-refractivity contribution in [3.63, 3.8) is 0 Å². The van der Waals surface area contributed by atoms with Crippen LogP contribution in [0.15, 0.2) is 35.0 Å². The van der Waals surface area contributed by atoms with Crippen molar-refractivity contribution in [3.05, 3.63) is 47.3 Å². The molecule has 4 rings (SSSR count). The largest absolute Gasteiger partial charge is 0.444 e. The van der Waals surface area contributed by atoms with Crippen LogP contribution in [0.1, 0.15) is 45.3 Å². The summed E-state index contributed by atoms with van der Waals surface area (Å²) in [6, 6.07) is 5.70. The van der Waals surface area contributed by atoms with Crippen LogP contribution in [0, 0.1) is 0 Å². The fourth-order valence-corrected chi connectivity index (χ4v) is 4.05. The number of oxazole rings is 1. The van der Waals surface area contributed by atoms with Gasteiger partial charge in [0.1, 0.15) is 5.76 Å². The molecule has 1 amide bonds. The van der Waals surface area contributed by atoms with Gasteiger partial charge in [-0.3, -0.25) is 14.4 Å². The number of carbonyl (C=O) groups excluding carboxylic acids is 1. The van der Waals surface area contributed by atoms with E-state index in [9.17, 15) is 4.79 Å². The Bertz CT molecular complexity index is 1050. The Labute approximate surface area is 188 Å². The van der Waals surface area contributed by atoms with Gasteiger partial charge in [-0.1, -0.05) is 32.4 Å². The van der Waals surface area contributed by atoms with Crippen LogP contribution >= 0.6 is 11.6 Å². The number of nitrogens with zero attached hydrogens (tertiary/aromatic N) is 5. The van der Waals surface area contributed by atoms with E-state index in [4.69, 9.17) is 16.0 Å². The Morgan fingerprint density at radius 2 is 2.00 bits per heavy atom. The number of amides is 1. The molecule has 0 atom stereocenters. The van der Waals surface area contributed by atoms with Crippen molar-refractivity contribution < 1.29 is 9.21 Å². The lowest BCUT2D eigenvalue weighted by atomic mass is 9.94. The fraction of sp³-hybridized carbons (Fsp3) is 0.522. The van der Waals surface area contributed by atoms with Gasteiger partial charge in [-0.25, -0.2) is 4.98 Å². The molecule has 1 fully saturated rings. The maximum atomic E-state index is 12.8. The molecule has 31 heavy (non-hydrogen) atoms. The van der Waals surface area contributed by atoms with Crippen LogP contribution in [-0.4, -0.2) is 56.7 Å². The second-order valence-corrected chi connectivity index (χ2v) is 9.64. The minimum absolute atomic E-state index is 0.0432. The highest BCUT2D eigenvalue weighted by Crippen LogP contribution is 2.23. The first-order valence-electron chi connectivity index (χ1n) is 10.9. The van der Waals surface area contributed by atoms with Crippen LogP contribution in [-0.2, 0) is 23.3 Å². The predicted octanol–water partition coefficient (Wildman–Crippen LogP) is 4.10. The SMILES string of the molecule is CC(C)(C)c1cnc(CN2CCCN(C(=O)CCn3ncc4ccc(Cl)cc43)CC2)o1. The van der Waals surface area contributed by atoms with Crippen LogP contribution in [0.25, 0.3) is 10.9 Å². The summed E-state index contributed by atoms with van der Waals surface area (Å²) in [6.45, 7) is 10.8. The Morgan fingerprint density at radius 1 is 1.16 bits per heavy atom. The van der Waals surface area contributed by atoms with Gasteiger partial charge in [-0.2, -0.15) is 5.10 Å². The Kier molecular flexibility index (Phi) is 6.34. The van der Waals surface area contributed by atoms with Gasteiger partial charge < -0.3 is 9.32 Å². The molecule has 0 unspecified atom stereocenters. The van der Waals surface area contributed by atoms with E-state index in [0.29, 0.717) is 24.5 Å². The molecular formula is C23H30ClN5O2. The predicted molar refractivity (Wildman–Crippen MR) is 121 cm³/mol. The van der Waals surface area contributed by atoms with Gasteiger partial charge in [0, 0.05) is 48.4 Å². The number of hydrogen-bond donors (Lipinski definition) is 0. The summed E-state index contributed by atoms with van der Waals surface area (Å²) in [5, 5.41) is 6.12. The first kappa shape index (κ1) is 21.8. The summed E-state index contributed by atoms with van der Waals surface area (Å²) in [7, 11) is 0. The Balaban J connectivity index is 1.30. The molecule has 1 aliphatic heterocycles. The molecule has 0 bridgehead atoms. The third-order valence-corrected chi connectivity index (χ3v) is 5.97. The summed E-state index contributed by atoms with van der Waals surface area (Å²) in [5.41, 5.74) is 0.918. The standard InChI is InChI=1S/C23H30ClN5O2/c1-23(2,3)20-15-25-21(31-20)16-27-8-4-9-28(12-11-27)22(30)7-10-29-19-13-18(24)6-5-17(19)14-26-29/h5-6,13-15H,4,7-12,16H2,1-3H3. The number of aromatic nitrogens is 3. The quantitative estimate of drug-likeness (QED) is 0.593. The number of benzene rings is 1. The van der Waals surface area contributed by atoms with E-state index in [1.54, 1.807) is 0 Å². The zero-order valence-electron chi connectivity index (χ0n) is 18.5. The van der Waals surface area contributed by atoms with Crippen LogP contribution < -0.4 is 0 Å². The van der Waals surface area contributed by atoms with Crippen LogP contribution in [0.5, 0.6) is 0 Å². The van der Waals surface area contributed by atoms with Crippen molar-refractivity contribution in [1.29, 1.82) is 0 Å². The number of rotatable bonds is 5.